The molecule has 3 N–H and O–H groups in total. The van der Waals surface area contributed by atoms with Gasteiger partial charge in [0.2, 0.25) is 0 Å². The van der Waals surface area contributed by atoms with Crippen LogP contribution in [-0.2, 0) is 9.47 Å². The van der Waals surface area contributed by atoms with Gasteiger partial charge in [-0.05, 0) is 69.2 Å². The van der Waals surface area contributed by atoms with Gasteiger partial charge in [0, 0.05) is 56.2 Å². The van der Waals surface area contributed by atoms with E-state index in [1.807, 2.05) is 24.3 Å². The molecule has 0 amide bonds. The summed E-state index contributed by atoms with van der Waals surface area (Å²) < 4.78 is 25.5. The van der Waals surface area contributed by atoms with Crippen LogP contribution in [0.3, 0.4) is 0 Å². The summed E-state index contributed by atoms with van der Waals surface area (Å²) in [5.74, 6) is 0.343. The van der Waals surface area contributed by atoms with Gasteiger partial charge in [0.15, 0.2) is 0 Å². The first-order chi connectivity index (χ1) is 17.5. The minimum absolute atomic E-state index is 0.321. The van der Waals surface area contributed by atoms with Gasteiger partial charge in [0.05, 0.1) is 24.3 Å². The molecule has 2 heterocycles. The zero-order valence-electron chi connectivity index (χ0n) is 21.4. The average molecular weight is 496 g/mol. The molecule has 1 aliphatic carbocycles. The van der Waals surface area contributed by atoms with Crippen LogP contribution in [0.4, 0.5) is 15.9 Å². The molecule has 194 valence electrons. The third-order valence-electron chi connectivity index (χ3n) is 7.36. The lowest BCUT2D eigenvalue weighted by Crippen LogP contribution is -2.42. The third-order valence-corrected chi connectivity index (χ3v) is 7.36. The van der Waals surface area contributed by atoms with Crippen molar-refractivity contribution in [2.45, 2.75) is 63.6 Å². The Kier molecular flexibility index (Phi) is 9.13. The number of anilines is 2. The largest absolute Gasteiger partial charge is 0.383 e. The maximum absolute atomic E-state index is 14.8. The molecule has 4 rings (SSSR count). The van der Waals surface area contributed by atoms with Crippen molar-refractivity contribution in [1.29, 1.82) is 5.26 Å². The van der Waals surface area contributed by atoms with E-state index in [0.29, 0.717) is 68.7 Å². The normalized spacial score (nSPS) is 22.4. The van der Waals surface area contributed by atoms with Gasteiger partial charge in [-0.1, -0.05) is 12.1 Å². The summed E-state index contributed by atoms with van der Waals surface area (Å²) in [7, 11) is 1.73. The summed E-state index contributed by atoms with van der Waals surface area (Å²) in [4.78, 5) is 4.31. The smallest absolute Gasteiger partial charge is 0.149 e. The Labute approximate surface area is 213 Å². The highest BCUT2D eigenvalue weighted by molar-refractivity contribution is 5.70. The number of hydrogen-bond donors (Lipinski definition) is 3. The van der Waals surface area contributed by atoms with Crippen LogP contribution >= 0.6 is 0 Å². The number of ether oxygens (including phenoxy) is 2. The topological polar surface area (TPSA) is 91.2 Å². The first-order valence-corrected chi connectivity index (χ1v) is 13.0. The van der Waals surface area contributed by atoms with Crippen LogP contribution in [-0.4, -0.2) is 56.6 Å². The Morgan fingerprint density at radius 2 is 1.94 bits per heavy atom. The van der Waals surface area contributed by atoms with E-state index >= 15 is 0 Å². The third kappa shape index (κ3) is 6.94. The van der Waals surface area contributed by atoms with Crippen molar-refractivity contribution in [3.8, 4) is 17.2 Å². The van der Waals surface area contributed by atoms with E-state index in [1.54, 1.807) is 13.2 Å². The Hall–Kier alpha value is -2.73. The lowest BCUT2D eigenvalue weighted by molar-refractivity contribution is 0.0456. The number of methoxy groups -OCH3 is 1. The zero-order chi connectivity index (χ0) is 25.4. The molecule has 0 spiro atoms. The summed E-state index contributed by atoms with van der Waals surface area (Å²) in [6.07, 6.45) is 6.98. The van der Waals surface area contributed by atoms with Crippen LogP contribution in [0.15, 0.2) is 36.5 Å². The van der Waals surface area contributed by atoms with E-state index < -0.39 is 5.41 Å². The Balaban J connectivity index is 1.37. The molecule has 2 fully saturated rings. The average Bonchev–Trinajstić information content (AvgIpc) is 2.90. The van der Waals surface area contributed by atoms with Gasteiger partial charge in [-0.3, -0.25) is 0 Å². The number of hydrogen-bond acceptors (Lipinski definition) is 7. The van der Waals surface area contributed by atoms with Crippen LogP contribution in [0.5, 0.6) is 0 Å². The molecule has 0 unspecified atom stereocenters. The molecule has 0 bridgehead atoms. The summed E-state index contributed by atoms with van der Waals surface area (Å²) in [6, 6.07) is 13.1. The van der Waals surface area contributed by atoms with Gasteiger partial charge in [0.25, 0.3) is 0 Å². The maximum Gasteiger partial charge on any atom is 0.149 e. The molecule has 2 aromatic rings. The fourth-order valence-corrected chi connectivity index (χ4v) is 5.21. The van der Waals surface area contributed by atoms with Gasteiger partial charge < -0.3 is 25.4 Å². The number of nitrogens with one attached hydrogen (secondary N) is 3. The van der Waals surface area contributed by atoms with Gasteiger partial charge in [-0.25, -0.2) is 9.37 Å². The van der Waals surface area contributed by atoms with Crippen molar-refractivity contribution < 1.29 is 13.9 Å². The van der Waals surface area contributed by atoms with Crippen LogP contribution in [0.25, 0.3) is 11.1 Å². The predicted molar refractivity (Wildman–Crippen MR) is 140 cm³/mol. The number of aromatic nitrogens is 1. The van der Waals surface area contributed by atoms with Crippen LogP contribution in [0, 0.1) is 22.6 Å². The summed E-state index contributed by atoms with van der Waals surface area (Å²) in [5.41, 5.74) is 1.73. The molecule has 1 aromatic heterocycles. The van der Waals surface area contributed by atoms with Crippen LogP contribution in [0.1, 0.15) is 45.4 Å². The van der Waals surface area contributed by atoms with E-state index in [1.165, 1.54) is 6.20 Å². The van der Waals surface area contributed by atoms with Crippen LogP contribution in [0.2, 0.25) is 0 Å². The Morgan fingerprint density at radius 1 is 1.19 bits per heavy atom. The lowest BCUT2D eigenvalue weighted by Gasteiger charge is -2.32. The molecule has 1 aromatic carbocycles. The molecule has 2 aliphatic rings. The molecule has 0 radical (unpaired) electrons. The molecule has 8 heteroatoms. The van der Waals surface area contributed by atoms with E-state index in [0.717, 1.165) is 36.9 Å². The summed E-state index contributed by atoms with van der Waals surface area (Å²) in [5, 5.41) is 20.3. The number of rotatable bonds is 10. The monoisotopic (exact) mass is 495 g/mol. The quantitative estimate of drug-likeness (QED) is 0.429. The molecule has 7 nitrogen and oxygen atoms in total. The highest BCUT2D eigenvalue weighted by Crippen LogP contribution is 2.32. The molecular formula is C28H38FN5O2. The van der Waals surface area contributed by atoms with Crippen molar-refractivity contribution in [1.82, 2.24) is 10.3 Å². The molecule has 1 atom stereocenters. The second-order valence-corrected chi connectivity index (χ2v) is 10.2. The second kappa shape index (κ2) is 12.5. The SMILES string of the molecule is COC[C@H](C)NC1CCC(Nc2cc(-c3cccc(NCC4(C#N)CCOCC4)c3)c(F)cn2)CC1. The Morgan fingerprint density at radius 3 is 2.67 bits per heavy atom. The fraction of sp³-hybridized carbons (Fsp3) is 0.571. The standard InChI is InChI=1S/C28H38FN5O2/c1-20(17-35-2)33-22-6-8-23(9-7-22)34-27-15-25(26(29)16-31-27)21-4-3-5-24(14-21)32-19-28(18-30)10-12-36-13-11-28/h3-5,14-16,20,22-23,32-33H,6-13,17,19H2,1-2H3,(H,31,34)/t20-,22?,23?/m0/s1. The maximum atomic E-state index is 14.8. The zero-order valence-corrected chi connectivity index (χ0v) is 21.4. The van der Waals surface area contributed by atoms with E-state index in [2.05, 4.69) is 33.9 Å². The van der Waals surface area contributed by atoms with E-state index in [4.69, 9.17) is 9.47 Å². The number of benzene rings is 1. The van der Waals surface area contributed by atoms with E-state index in [-0.39, 0.29) is 5.82 Å². The second-order valence-electron chi connectivity index (χ2n) is 10.2. The minimum atomic E-state index is -0.427. The van der Waals surface area contributed by atoms with Gasteiger partial charge >= 0.3 is 0 Å². The molecule has 36 heavy (non-hydrogen) atoms. The van der Waals surface area contributed by atoms with Crippen molar-refractivity contribution >= 4 is 11.5 Å². The van der Waals surface area contributed by atoms with Crippen molar-refractivity contribution in [2.75, 3.05) is 44.1 Å². The van der Waals surface area contributed by atoms with Crippen molar-refractivity contribution in [2.24, 2.45) is 5.41 Å². The minimum Gasteiger partial charge on any atom is -0.383 e. The van der Waals surface area contributed by atoms with Crippen molar-refractivity contribution in [3.05, 3.63) is 42.3 Å². The number of nitrogens with zero attached hydrogens (tertiary/aromatic N) is 2. The highest BCUT2D eigenvalue weighted by Gasteiger charge is 2.32. The summed E-state index contributed by atoms with van der Waals surface area (Å²) in [6.45, 7) is 4.63. The summed E-state index contributed by atoms with van der Waals surface area (Å²) >= 11 is 0. The van der Waals surface area contributed by atoms with E-state index in [9.17, 15) is 9.65 Å². The molecule has 1 aliphatic heterocycles. The lowest BCUT2D eigenvalue weighted by atomic mass is 9.81. The van der Waals surface area contributed by atoms with Crippen molar-refractivity contribution in [3.63, 3.8) is 0 Å². The first-order valence-electron chi connectivity index (χ1n) is 13.0. The molecular weight excluding hydrogens is 457 g/mol. The van der Waals surface area contributed by atoms with Gasteiger partial charge in [-0.15, -0.1) is 0 Å². The number of pyridine rings is 1. The molecule has 1 saturated carbocycles. The number of halogens is 1. The predicted octanol–water partition coefficient (Wildman–Crippen LogP) is 4.97. The van der Waals surface area contributed by atoms with Gasteiger partial charge in [0.1, 0.15) is 11.6 Å². The highest BCUT2D eigenvalue weighted by atomic mass is 19.1. The van der Waals surface area contributed by atoms with Crippen LogP contribution < -0.4 is 16.0 Å². The fourth-order valence-electron chi connectivity index (χ4n) is 5.21. The number of nitriles is 1. The Bertz CT molecular complexity index is 1030. The van der Waals surface area contributed by atoms with Gasteiger partial charge in [-0.2, -0.15) is 5.26 Å². The molecule has 1 saturated heterocycles. The first kappa shape index (κ1) is 26.3.